The number of rotatable bonds is 4. The van der Waals surface area contributed by atoms with Gasteiger partial charge in [-0.15, -0.1) is 5.92 Å². The number of carbonyl (C=O) groups is 1. The molecule has 2 amide bonds. The molecule has 43 heavy (non-hydrogen) atoms. The molecule has 2 fully saturated rings. The van der Waals surface area contributed by atoms with Crippen LogP contribution in [0.15, 0.2) is 76.3 Å². The first-order chi connectivity index (χ1) is 20.9. The second kappa shape index (κ2) is 11.2. The number of para-hydroxylation sites is 1. The predicted molar refractivity (Wildman–Crippen MR) is 167 cm³/mol. The predicted octanol–water partition coefficient (Wildman–Crippen LogP) is 6.58. The molecule has 7 heteroatoms. The van der Waals surface area contributed by atoms with E-state index in [1.54, 1.807) is 5.57 Å². The molecule has 2 unspecified atom stereocenters. The molecule has 0 spiro atoms. The number of urea groups is 1. The molecular formula is C36H39N3O4. The molecule has 0 radical (unpaired) electrons. The minimum Gasteiger partial charge on any atom is -0.454 e. The fraction of sp³-hybridized carbons (Fsp3) is 0.444. The summed E-state index contributed by atoms with van der Waals surface area (Å²) in [5.74, 6) is 9.09. The lowest BCUT2D eigenvalue weighted by atomic mass is 9.53. The van der Waals surface area contributed by atoms with E-state index in [2.05, 4.69) is 47.6 Å². The summed E-state index contributed by atoms with van der Waals surface area (Å²) >= 11 is 0. The maximum atomic E-state index is 12.3. The third kappa shape index (κ3) is 5.02. The fourth-order valence-corrected chi connectivity index (χ4v) is 8.49. The molecule has 222 valence electrons. The number of amides is 2. The minimum atomic E-state index is -0.429. The van der Waals surface area contributed by atoms with Gasteiger partial charge in [0.2, 0.25) is 6.79 Å². The van der Waals surface area contributed by atoms with Crippen molar-refractivity contribution in [3.63, 3.8) is 0 Å². The van der Waals surface area contributed by atoms with Crippen molar-refractivity contribution in [2.45, 2.75) is 64.4 Å². The number of allylic oxidation sites excluding steroid dienone is 4. The minimum absolute atomic E-state index is 0.0235. The zero-order valence-corrected chi connectivity index (χ0v) is 24.9. The molecule has 6 atom stereocenters. The number of anilines is 1. The third-order valence-electron chi connectivity index (χ3n) is 10.4. The summed E-state index contributed by atoms with van der Waals surface area (Å²) in [5.41, 5.74) is 7.24. The molecule has 2 aromatic rings. The van der Waals surface area contributed by atoms with Crippen LogP contribution in [0.3, 0.4) is 0 Å². The largest absolute Gasteiger partial charge is 0.454 e. The van der Waals surface area contributed by atoms with Crippen LogP contribution >= 0.6 is 0 Å². The van der Waals surface area contributed by atoms with Crippen molar-refractivity contribution in [2.75, 3.05) is 18.8 Å². The van der Waals surface area contributed by atoms with Gasteiger partial charge in [0.05, 0.1) is 6.10 Å². The molecule has 0 aromatic heterocycles. The van der Waals surface area contributed by atoms with Crippen LogP contribution in [0.4, 0.5) is 10.5 Å². The van der Waals surface area contributed by atoms with E-state index >= 15 is 0 Å². The zero-order chi connectivity index (χ0) is 29.6. The topological polar surface area (TPSA) is 92.2 Å². The van der Waals surface area contributed by atoms with Crippen LogP contribution in [0.5, 0.6) is 11.5 Å². The van der Waals surface area contributed by atoms with Gasteiger partial charge in [0.1, 0.15) is 6.67 Å². The average Bonchev–Trinajstić information content (AvgIpc) is 3.59. The van der Waals surface area contributed by atoms with Crippen molar-refractivity contribution in [1.29, 1.82) is 0 Å². The first-order valence-corrected chi connectivity index (χ1v) is 15.5. The molecule has 4 aliphatic carbocycles. The van der Waals surface area contributed by atoms with Gasteiger partial charge >= 0.3 is 6.03 Å². The van der Waals surface area contributed by atoms with Gasteiger partial charge in [-0.2, -0.15) is 0 Å². The van der Waals surface area contributed by atoms with Gasteiger partial charge < -0.3 is 25.2 Å². The van der Waals surface area contributed by atoms with Gasteiger partial charge in [-0.1, -0.05) is 42.7 Å². The van der Waals surface area contributed by atoms with Crippen molar-refractivity contribution in [3.8, 4) is 23.3 Å². The lowest BCUT2D eigenvalue weighted by Gasteiger charge is -2.52. The van der Waals surface area contributed by atoms with Crippen LogP contribution in [0.2, 0.25) is 0 Å². The molecule has 5 aliphatic rings. The molecule has 7 rings (SSSR count). The molecule has 2 saturated carbocycles. The highest BCUT2D eigenvalue weighted by Crippen LogP contribution is 2.65. The summed E-state index contributed by atoms with van der Waals surface area (Å²) < 4.78 is 11.4. The van der Waals surface area contributed by atoms with Crippen molar-refractivity contribution >= 4 is 17.4 Å². The fourth-order valence-electron chi connectivity index (χ4n) is 8.49. The SMILES string of the molecule is CC#CC1CC2[C@@H]3CCC4=C/C(=N/CNC(=O)Nc5ccccc5)CCC4=C3[C@@H](c3ccc4c(c3)OCO4)C[C@]2(C)[C@H]1O. The normalized spacial score (nSPS) is 31.3. The van der Waals surface area contributed by atoms with E-state index in [-0.39, 0.29) is 36.7 Å². The van der Waals surface area contributed by atoms with Crippen molar-refractivity contribution in [3.05, 3.63) is 76.9 Å². The van der Waals surface area contributed by atoms with Gasteiger partial charge in [0.15, 0.2) is 11.5 Å². The highest BCUT2D eigenvalue weighted by atomic mass is 16.7. The van der Waals surface area contributed by atoms with Gasteiger partial charge in [0.25, 0.3) is 0 Å². The Balaban J connectivity index is 1.18. The lowest BCUT2D eigenvalue weighted by molar-refractivity contribution is -0.0102. The van der Waals surface area contributed by atoms with Crippen LogP contribution in [-0.4, -0.2) is 36.4 Å². The number of hydrogen-bond acceptors (Lipinski definition) is 5. The summed E-state index contributed by atoms with van der Waals surface area (Å²) in [6.45, 7) is 4.68. The number of benzene rings is 2. The van der Waals surface area contributed by atoms with Gasteiger partial charge in [-0.25, -0.2) is 4.79 Å². The first-order valence-electron chi connectivity index (χ1n) is 15.5. The molecule has 1 heterocycles. The highest BCUT2D eigenvalue weighted by molar-refractivity contribution is 5.98. The zero-order valence-electron chi connectivity index (χ0n) is 24.9. The Morgan fingerprint density at radius 1 is 1.12 bits per heavy atom. The average molecular weight is 578 g/mol. The van der Waals surface area contributed by atoms with E-state index in [9.17, 15) is 9.90 Å². The van der Waals surface area contributed by atoms with Crippen molar-refractivity contribution in [2.24, 2.45) is 28.2 Å². The Morgan fingerprint density at radius 2 is 1.95 bits per heavy atom. The van der Waals surface area contributed by atoms with Crippen molar-refractivity contribution < 1.29 is 19.4 Å². The summed E-state index contributed by atoms with van der Waals surface area (Å²) in [6.07, 6.45) is 7.54. The number of ether oxygens (including phenoxy) is 2. The van der Waals surface area contributed by atoms with E-state index in [0.717, 1.165) is 61.4 Å². The number of fused-ring (bicyclic) bond motifs is 5. The van der Waals surface area contributed by atoms with Crippen LogP contribution in [0.1, 0.15) is 63.9 Å². The summed E-state index contributed by atoms with van der Waals surface area (Å²) in [4.78, 5) is 17.1. The third-order valence-corrected chi connectivity index (χ3v) is 10.4. The second-order valence-electron chi connectivity index (χ2n) is 12.7. The Morgan fingerprint density at radius 3 is 2.79 bits per heavy atom. The van der Waals surface area contributed by atoms with Gasteiger partial charge in [0, 0.05) is 23.2 Å². The van der Waals surface area contributed by atoms with E-state index in [1.807, 2.05) is 43.3 Å². The quantitative estimate of drug-likeness (QED) is 0.358. The Labute approximate surface area is 253 Å². The lowest BCUT2D eigenvalue weighted by Crippen LogP contribution is -2.45. The maximum absolute atomic E-state index is 12.3. The summed E-state index contributed by atoms with van der Waals surface area (Å²) in [5, 5.41) is 17.3. The molecule has 0 saturated heterocycles. The van der Waals surface area contributed by atoms with Crippen LogP contribution in [-0.2, 0) is 0 Å². The van der Waals surface area contributed by atoms with E-state index in [0.29, 0.717) is 11.8 Å². The molecular weight excluding hydrogens is 538 g/mol. The number of hydrogen-bond donors (Lipinski definition) is 3. The van der Waals surface area contributed by atoms with E-state index < -0.39 is 6.10 Å². The van der Waals surface area contributed by atoms with E-state index in [1.165, 1.54) is 16.7 Å². The molecule has 2 aromatic carbocycles. The second-order valence-corrected chi connectivity index (χ2v) is 12.7. The molecule has 7 nitrogen and oxygen atoms in total. The Hall–Kier alpha value is -4.02. The van der Waals surface area contributed by atoms with Crippen molar-refractivity contribution in [1.82, 2.24) is 5.32 Å². The first kappa shape index (κ1) is 27.8. The number of nitrogens with one attached hydrogen (secondary N) is 2. The molecule has 0 bridgehead atoms. The number of aliphatic imine (C=N–C) groups is 1. The monoisotopic (exact) mass is 577 g/mol. The smallest absolute Gasteiger partial charge is 0.320 e. The molecule has 3 N–H and O–H groups in total. The Kier molecular flexibility index (Phi) is 7.26. The van der Waals surface area contributed by atoms with Crippen LogP contribution in [0, 0.1) is 35.0 Å². The van der Waals surface area contributed by atoms with Gasteiger partial charge in [-0.3, -0.25) is 4.99 Å². The standard InChI is InChI=1S/C36H39N3O4/c1-3-7-24-17-30-28-13-10-22-16-26(37-20-38-35(41)39-25-8-5-4-6-9-25)12-14-27(22)33(28)29(19-36(30,2)34(24)40)23-11-15-31-32(18-23)43-21-42-31/h4-6,8-9,11,15-16,18,24,28-30,34,40H,10,12-14,17,19-21H2,1-2H3,(H2,38,39,41)/b37-26+/t24?,28-,29+,30?,34-,36-/m0/s1. The van der Waals surface area contributed by atoms with Gasteiger partial charge in [-0.05, 0) is 110 Å². The maximum Gasteiger partial charge on any atom is 0.320 e. The number of carbonyl (C=O) groups excluding carboxylic acids is 1. The van der Waals surface area contributed by atoms with E-state index in [4.69, 9.17) is 14.5 Å². The molecule has 1 aliphatic heterocycles. The van der Waals surface area contributed by atoms with Crippen LogP contribution < -0.4 is 20.1 Å². The van der Waals surface area contributed by atoms with Crippen LogP contribution in [0.25, 0.3) is 0 Å². The summed E-state index contributed by atoms with van der Waals surface area (Å²) in [7, 11) is 0. The number of nitrogens with zero attached hydrogens (tertiary/aromatic N) is 1. The highest BCUT2D eigenvalue weighted by Gasteiger charge is 2.59. The summed E-state index contributed by atoms with van der Waals surface area (Å²) in [6, 6.07) is 15.5. The Bertz CT molecular complexity index is 1580. The number of aliphatic hydroxyl groups is 1. The number of aliphatic hydroxyl groups excluding tert-OH is 1.